The second-order valence-corrected chi connectivity index (χ2v) is 6.91. The van der Waals surface area contributed by atoms with Crippen LogP contribution in [0.2, 0.25) is 5.02 Å². The number of phenolic OH excluding ortho intramolecular Hbond substituents is 1. The van der Waals surface area contributed by atoms with Gasteiger partial charge in [0.2, 0.25) is 5.78 Å². The third kappa shape index (κ3) is 2.97. The van der Waals surface area contributed by atoms with E-state index in [1.54, 1.807) is 6.07 Å². The van der Waals surface area contributed by atoms with E-state index in [4.69, 9.17) is 16.3 Å². The second-order valence-electron chi connectivity index (χ2n) is 6.50. The van der Waals surface area contributed by atoms with Crippen LogP contribution < -0.4 is 4.74 Å². The number of rotatable bonds is 3. The number of allylic oxidation sites excluding steroid dienone is 1. The van der Waals surface area contributed by atoms with Crippen LogP contribution in [-0.4, -0.2) is 28.9 Å². The zero-order valence-electron chi connectivity index (χ0n) is 14.0. The minimum atomic E-state index is -0.530. The van der Waals surface area contributed by atoms with Crippen molar-refractivity contribution in [1.82, 2.24) is 4.90 Å². The molecule has 1 fully saturated rings. The number of hydrogen-bond donors (Lipinski definition) is 1. The maximum absolute atomic E-state index is 14.0. The Kier molecular flexibility index (Phi) is 4.42. The third-order valence-corrected chi connectivity index (χ3v) is 5.10. The van der Waals surface area contributed by atoms with Crippen LogP contribution >= 0.6 is 11.6 Å². The number of ketones is 1. The summed E-state index contributed by atoms with van der Waals surface area (Å²) in [5.74, 6) is -0.436. The number of nitrogens with zero attached hydrogens (tertiary/aromatic N) is 1. The van der Waals surface area contributed by atoms with E-state index in [1.165, 1.54) is 30.3 Å². The smallest absolute Gasteiger partial charge is 0.231 e. The van der Waals surface area contributed by atoms with Crippen molar-refractivity contribution < 1.29 is 19.0 Å². The predicted molar refractivity (Wildman–Crippen MR) is 97.0 cm³/mol. The first kappa shape index (κ1) is 17.1. The molecule has 2 aromatic rings. The zero-order chi connectivity index (χ0) is 18.3. The third-order valence-electron chi connectivity index (χ3n) is 4.77. The van der Waals surface area contributed by atoms with Gasteiger partial charge in [0.1, 0.15) is 17.3 Å². The average molecular weight is 374 g/mol. The topological polar surface area (TPSA) is 49.8 Å². The number of carbonyl (C=O) groups is 1. The Hall–Kier alpha value is -2.37. The number of likely N-dealkylation sites (tertiary alicyclic amines) is 1. The lowest BCUT2D eigenvalue weighted by atomic mass is 10.0. The molecule has 2 aromatic carbocycles. The van der Waals surface area contributed by atoms with Gasteiger partial charge in [0, 0.05) is 12.1 Å². The van der Waals surface area contributed by atoms with Gasteiger partial charge in [0.05, 0.1) is 16.1 Å². The summed E-state index contributed by atoms with van der Waals surface area (Å²) in [5, 5.41) is 10.5. The average Bonchev–Trinajstić information content (AvgIpc) is 3.23. The Morgan fingerprint density at radius 3 is 2.73 bits per heavy atom. The van der Waals surface area contributed by atoms with Gasteiger partial charge in [-0.1, -0.05) is 17.7 Å². The van der Waals surface area contributed by atoms with Crippen LogP contribution in [0, 0.1) is 5.82 Å². The van der Waals surface area contributed by atoms with Crippen LogP contribution in [0.4, 0.5) is 4.39 Å². The minimum absolute atomic E-state index is 0.000252. The zero-order valence-corrected chi connectivity index (χ0v) is 14.7. The van der Waals surface area contributed by atoms with Crippen molar-refractivity contribution in [2.45, 2.75) is 19.4 Å². The summed E-state index contributed by atoms with van der Waals surface area (Å²) in [7, 11) is 0. The molecular weight excluding hydrogens is 357 g/mol. The van der Waals surface area contributed by atoms with Crippen molar-refractivity contribution in [2.24, 2.45) is 0 Å². The van der Waals surface area contributed by atoms with E-state index in [2.05, 4.69) is 4.90 Å². The first-order valence-electron chi connectivity index (χ1n) is 8.50. The van der Waals surface area contributed by atoms with Crippen molar-refractivity contribution in [3.63, 3.8) is 0 Å². The van der Waals surface area contributed by atoms with Crippen LogP contribution in [0.5, 0.6) is 11.5 Å². The van der Waals surface area contributed by atoms with Crippen molar-refractivity contribution >= 4 is 23.5 Å². The summed E-state index contributed by atoms with van der Waals surface area (Å²) < 4.78 is 19.8. The van der Waals surface area contributed by atoms with Gasteiger partial charge in [-0.05, 0) is 56.3 Å². The van der Waals surface area contributed by atoms with Crippen molar-refractivity contribution in [3.8, 4) is 11.5 Å². The molecule has 4 nitrogen and oxygen atoms in total. The highest BCUT2D eigenvalue weighted by Crippen LogP contribution is 2.40. The number of carbonyl (C=O) groups excluding carboxylic acids is 1. The summed E-state index contributed by atoms with van der Waals surface area (Å²) in [6.07, 6.45) is 3.55. The van der Waals surface area contributed by atoms with E-state index < -0.39 is 5.82 Å². The van der Waals surface area contributed by atoms with E-state index in [0.717, 1.165) is 25.9 Å². The Labute approximate surface area is 155 Å². The molecule has 1 N–H and O–H groups in total. The van der Waals surface area contributed by atoms with Gasteiger partial charge in [-0.2, -0.15) is 0 Å². The van der Waals surface area contributed by atoms with Crippen LogP contribution in [0.25, 0.3) is 6.08 Å². The van der Waals surface area contributed by atoms with E-state index in [9.17, 15) is 14.3 Å². The molecule has 1 saturated heterocycles. The monoisotopic (exact) mass is 373 g/mol. The fraction of sp³-hybridized carbons (Fsp3) is 0.250. The first-order chi connectivity index (χ1) is 12.5. The summed E-state index contributed by atoms with van der Waals surface area (Å²) in [6, 6.07) is 7.36. The van der Waals surface area contributed by atoms with Crippen LogP contribution in [0.3, 0.4) is 0 Å². The summed E-state index contributed by atoms with van der Waals surface area (Å²) in [5.41, 5.74) is 1.06. The molecule has 4 rings (SSSR count). The standard InChI is InChI=1S/C20H17ClFNO3/c21-15-4-3-5-16(22)13(15)10-18-19(25)12-6-7-17(24)14(20(12)26-18)11-23-8-1-2-9-23/h3-7,10,24H,1-2,8-9,11H2. The van der Waals surface area contributed by atoms with E-state index in [1.807, 2.05) is 0 Å². The molecule has 0 bridgehead atoms. The molecule has 0 amide bonds. The van der Waals surface area contributed by atoms with Gasteiger partial charge >= 0.3 is 0 Å². The lowest BCUT2D eigenvalue weighted by molar-refractivity contribution is 0.101. The maximum Gasteiger partial charge on any atom is 0.231 e. The SMILES string of the molecule is O=C1C(=Cc2c(F)cccc2Cl)Oc2c1ccc(O)c2CN1CCCC1. The van der Waals surface area contributed by atoms with Gasteiger partial charge < -0.3 is 9.84 Å². The van der Waals surface area contributed by atoms with Crippen LogP contribution in [0.1, 0.15) is 34.3 Å². The summed E-state index contributed by atoms with van der Waals surface area (Å²) >= 11 is 6.04. The first-order valence-corrected chi connectivity index (χ1v) is 8.88. The highest BCUT2D eigenvalue weighted by atomic mass is 35.5. The number of hydrogen-bond acceptors (Lipinski definition) is 4. The van der Waals surface area contributed by atoms with Gasteiger partial charge in [-0.3, -0.25) is 9.69 Å². The van der Waals surface area contributed by atoms with Crippen molar-refractivity contribution in [1.29, 1.82) is 0 Å². The fourth-order valence-corrected chi connectivity index (χ4v) is 3.61. The summed E-state index contributed by atoms with van der Waals surface area (Å²) in [4.78, 5) is 14.9. The molecule has 0 aromatic heterocycles. The van der Waals surface area contributed by atoms with Crippen LogP contribution in [0.15, 0.2) is 36.1 Å². The Morgan fingerprint density at radius 1 is 1.23 bits per heavy atom. The van der Waals surface area contributed by atoms with E-state index in [-0.39, 0.29) is 27.9 Å². The van der Waals surface area contributed by atoms with Crippen molar-refractivity contribution in [3.05, 3.63) is 63.6 Å². The van der Waals surface area contributed by atoms with Gasteiger partial charge in [0.15, 0.2) is 5.76 Å². The van der Waals surface area contributed by atoms with Gasteiger partial charge in [0.25, 0.3) is 0 Å². The number of halogens is 2. The molecule has 6 heteroatoms. The Bertz CT molecular complexity index is 899. The van der Waals surface area contributed by atoms with Gasteiger partial charge in [-0.25, -0.2) is 4.39 Å². The molecule has 0 saturated carbocycles. The van der Waals surface area contributed by atoms with E-state index in [0.29, 0.717) is 23.4 Å². The van der Waals surface area contributed by atoms with Crippen molar-refractivity contribution in [2.75, 3.05) is 13.1 Å². The number of benzene rings is 2. The Balaban J connectivity index is 1.72. The molecule has 2 heterocycles. The lowest BCUT2D eigenvalue weighted by Gasteiger charge is -2.17. The highest BCUT2D eigenvalue weighted by molar-refractivity contribution is 6.32. The minimum Gasteiger partial charge on any atom is -0.507 e. The molecule has 2 aliphatic rings. The van der Waals surface area contributed by atoms with E-state index >= 15 is 0 Å². The lowest BCUT2D eigenvalue weighted by Crippen LogP contribution is -2.18. The molecule has 0 aliphatic carbocycles. The summed E-state index contributed by atoms with van der Waals surface area (Å²) in [6.45, 7) is 2.41. The number of Topliss-reactive ketones (excluding diaryl/α,β-unsaturated/α-hetero) is 1. The second kappa shape index (κ2) is 6.74. The molecule has 134 valence electrons. The predicted octanol–water partition coefficient (Wildman–Crippen LogP) is 4.40. The highest BCUT2D eigenvalue weighted by Gasteiger charge is 2.32. The normalized spacial score (nSPS) is 18.4. The number of ether oxygens (including phenoxy) is 1. The maximum atomic E-state index is 14.0. The quantitative estimate of drug-likeness (QED) is 0.810. The molecule has 2 aliphatic heterocycles. The van der Waals surface area contributed by atoms with Gasteiger partial charge in [-0.15, -0.1) is 0 Å². The molecule has 0 atom stereocenters. The number of fused-ring (bicyclic) bond motifs is 1. The fourth-order valence-electron chi connectivity index (χ4n) is 3.39. The molecule has 0 spiro atoms. The molecule has 0 unspecified atom stereocenters. The molecular formula is C20H17ClFNO3. The molecule has 0 radical (unpaired) electrons. The Morgan fingerprint density at radius 2 is 2.00 bits per heavy atom. The number of aromatic hydroxyl groups is 1. The largest absolute Gasteiger partial charge is 0.507 e. The molecule has 26 heavy (non-hydrogen) atoms. The van der Waals surface area contributed by atoms with Crippen LogP contribution in [-0.2, 0) is 6.54 Å². The number of phenols is 1.